The molecule has 0 saturated carbocycles. The van der Waals surface area contributed by atoms with E-state index in [4.69, 9.17) is 0 Å². The monoisotopic (exact) mass is 158 g/mol. The summed E-state index contributed by atoms with van der Waals surface area (Å²) in [5, 5.41) is 0. The average Bonchev–Trinajstić information content (AvgIpc) is 1.80. The van der Waals surface area contributed by atoms with E-state index in [0.29, 0.717) is 6.42 Å². The van der Waals surface area contributed by atoms with Crippen LogP contribution in [0.15, 0.2) is 0 Å². The molecule has 0 spiro atoms. The number of hydrogen-bond donors (Lipinski definition) is 0. The van der Waals surface area contributed by atoms with Gasteiger partial charge in [0.05, 0.1) is 0 Å². The summed E-state index contributed by atoms with van der Waals surface area (Å²) in [6.45, 7) is 3.61. The number of rotatable bonds is 5. The Bertz CT molecular complexity index is 57.6. The second-order valence-electron chi connectivity index (χ2n) is 2.09. The molecule has 0 aromatic rings. The van der Waals surface area contributed by atoms with Crippen LogP contribution in [0.1, 0.15) is 32.1 Å². The Kier molecular flexibility index (Phi) is 13.3. The largest absolute Gasteiger partial charge is 1.00 e. The molecule has 0 rings (SSSR count). The quantitative estimate of drug-likeness (QED) is 0.301. The molecule has 0 aromatic carbocycles. The molecular formula is C7H13F2Na. The van der Waals surface area contributed by atoms with E-state index in [1.807, 2.05) is 0 Å². The molecule has 0 fully saturated rings. The minimum atomic E-state index is -2.12. The van der Waals surface area contributed by atoms with Crippen molar-refractivity contribution in [1.82, 2.24) is 0 Å². The molecule has 0 heterocycles. The molecule has 0 atom stereocenters. The molecule has 3 heteroatoms. The second-order valence-corrected chi connectivity index (χ2v) is 2.09. The van der Waals surface area contributed by atoms with E-state index in [-0.39, 0.29) is 36.0 Å². The number of hydrogen-bond acceptors (Lipinski definition) is 0. The maximum atomic E-state index is 11.4. The fraction of sp³-hybridized carbons (Fsp3) is 0.857. The zero-order valence-corrected chi connectivity index (χ0v) is 8.58. The average molecular weight is 158 g/mol. The van der Waals surface area contributed by atoms with E-state index >= 15 is 0 Å². The van der Waals surface area contributed by atoms with Crippen LogP contribution in [-0.2, 0) is 0 Å². The fourth-order valence-corrected chi connectivity index (χ4v) is 0.652. The molecular weight excluding hydrogens is 145 g/mol. The van der Waals surface area contributed by atoms with Crippen LogP contribution in [0.25, 0.3) is 0 Å². The smallest absolute Gasteiger partial charge is 0.343 e. The topological polar surface area (TPSA) is 0 Å². The van der Waals surface area contributed by atoms with Crippen molar-refractivity contribution in [1.29, 1.82) is 0 Å². The van der Waals surface area contributed by atoms with Crippen molar-refractivity contribution in [2.45, 2.75) is 38.5 Å². The van der Waals surface area contributed by atoms with E-state index < -0.39 is 6.43 Å². The zero-order valence-electron chi connectivity index (χ0n) is 6.58. The van der Waals surface area contributed by atoms with Gasteiger partial charge < -0.3 is 6.92 Å². The first kappa shape index (κ1) is 13.4. The summed E-state index contributed by atoms with van der Waals surface area (Å²) in [7, 11) is 0. The summed E-state index contributed by atoms with van der Waals surface area (Å²) >= 11 is 0. The fourth-order valence-electron chi connectivity index (χ4n) is 0.652. The van der Waals surface area contributed by atoms with E-state index in [1.165, 1.54) is 0 Å². The summed E-state index contributed by atoms with van der Waals surface area (Å²) in [6, 6.07) is 0. The molecule has 0 aromatic heterocycles. The van der Waals surface area contributed by atoms with Gasteiger partial charge >= 0.3 is 29.6 Å². The predicted molar refractivity (Wildman–Crippen MR) is 34.4 cm³/mol. The third kappa shape index (κ3) is 11.6. The van der Waals surface area contributed by atoms with Crippen LogP contribution in [-0.4, -0.2) is 6.43 Å². The van der Waals surface area contributed by atoms with E-state index in [2.05, 4.69) is 6.92 Å². The molecule has 10 heavy (non-hydrogen) atoms. The van der Waals surface area contributed by atoms with Crippen LogP contribution in [0.5, 0.6) is 0 Å². The Balaban J connectivity index is 0. The predicted octanol–water partition coefficient (Wildman–Crippen LogP) is 0.0401. The van der Waals surface area contributed by atoms with Crippen LogP contribution in [0.2, 0.25) is 0 Å². The van der Waals surface area contributed by atoms with Crippen LogP contribution in [0.3, 0.4) is 0 Å². The number of alkyl halides is 2. The van der Waals surface area contributed by atoms with Gasteiger partial charge in [-0.3, -0.25) is 0 Å². The molecule has 0 aliphatic carbocycles. The van der Waals surface area contributed by atoms with Gasteiger partial charge in [0.25, 0.3) is 0 Å². The molecule has 0 radical (unpaired) electrons. The molecule has 0 amide bonds. The van der Waals surface area contributed by atoms with Crippen molar-refractivity contribution in [3.05, 3.63) is 6.92 Å². The Morgan fingerprint density at radius 1 is 1.10 bits per heavy atom. The normalized spacial score (nSPS) is 9.60. The van der Waals surface area contributed by atoms with Crippen molar-refractivity contribution in [3.8, 4) is 0 Å². The van der Waals surface area contributed by atoms with E-state index in [1.54, 1.807) is 0 Å². The van der Waals surface area contributed by atoms with Crippen molar-refractivity contribution >= 4 is 0 Å². The first-order chi connectivity index (χ1) is 4.27. The summed E-state index contributed by atoms with van der Waals surface area (Å²) in [4.78, 5) is 0. The summed E-state index contributed by atoms with van der Waals surface area (Å²) in [5.74, 6) is 0. The molecule has 0 saturated heterocycles. The van der Waals surface area contributed by atoms with Gasteiger partial charge in [-0.2, -0.15) is 6.42 Å². The van der Waals surface area contributed by atoms with Gasteiger partial charge in [-0.05, 0) is 6.42 Å². The Hall–Kier alpha value is 0.860. The van der Waals surface area contributed by atoms with Gasteiger partial charge in [0.1, 0.15) is 0 Å². The van der Waals surface area contributed by atoms with Crippen LogP contribution >= 0.6 is 0 Å². The maximum Gasteiger partial charge on any atom is 1.00 e. The number of unbranched alkanes of at least 4 members (excludes halogenated alkanes) is 3. The molecule has 0 aliphatic rings. The molecule has 0 bridgehead atoms. The Labute approximate surface area is 83.7 Å². The number of halogens is 2. The van der Waals surface area contributed by atoms with Gasteiger partial charge in [-0.25, -0.2) is 8.78 Å². The first-order valence-corrected chi connectivity index (χ1v) is 3.34. The van der Waals surface area contributed by atoms with Crippen molar-refractivity contribution < 1.29 is 38.3 Å². The van der Waals surface area contributed by atoms with E-state index in [9.17, 15) is 8.78 Å². The van der Waals surface area contributed by atoms with Crippen LogP contribution in [0, 0.1) is 6.92 Å². The van der Waals surface area contributed by atoms with Gasteiger partial charge in [-0.15, -0.1) is 0 Å². The van der Waals surface area contributed by atoms with Crippen LogP contribution in [0.4, 0.5) is 8.78 Å². The minimum Gasteiger partial charge on any atom is -0.343 e. The summed E-state index contributed by atoms with van der Waals surface area (Å²) < 4.78 is 22.9. The molecule has 0 aliphatic heterocycles. The van der Waals surface area contributed by atoms with Gasteiger partial charge in [-0.1, -0.05) is 12.8 Å². The molecule has 56 valence electrons. The standard InChI is InChI=1S/C7H13F2.Na/c1-2-3-4-5-6-7(8)9;/h7H,1-6H2;/q-1;+1. The minimum absolute atomic E-state index is 0. The SMILES string of the molecule is [CH2-]CCCCCC(F)F.[Na+]. The molecule has 0 N–H and O–H groups in total. The Morgan fingerprint density at radius 2 is 1.70 bits per heavy atom. The van der Waals surface area contributed by atoms with Crippen molar-refractivity contribution in [2.75, 3.05) is 0 Å². The summed E-state index contributed by atoms with van der Waals surface area (Å²) in [6.07, 6.45) is 1.33. The van der Waals surface area contributed by atoms with Crippen molar-refractivity contribution in [2.24, 2.45) is 0 Å². The molecule has 0 unspecified atom stereocenters. The summed E-state index contributed by atoms with van der Waals surface area (Å²) in [5.41, 5.74) is 0. The third-order valence-corrected chi connectivity index (χ3v) is 1.17. The Morgan fingerprint density at radius 3 is 2.10 bits per heavy atom. The van der Waals surface area contributed by atoms with Crippen molar-refractivity contribution in [3.63, 3.8) is 0 Å². The van der Waals surface area contributed by atoms with Gasteiger partial charge in [0, 0.05) is 6.42 Å². The van der Waals surface area contributed by atoms with Gasteiger partial charge in [0.2, 0.25) is 6.43 Å². The first-order valence-electron chi connectivity index (χ1n) is 3.34. The zero-order chi connectivity index (χ0) is 7.11. The second kappa shape index (κ2) is 9.86. The third-order valence-electron chi connectivity index (χ3n) is 1.17. The van der Waals surface area contributed by atoms with Crippen LogP contribution < -0.4 is 29.6 Å². The van der Waals surface area contributed by atoms with E-state index in [0.717, 1.165) is 19.3 Å². The van der Waals surface area contributed by atoms with Gasteiger partial charge in [0.15, 0.2) is 0 Å². The molecule has 0 nitrogen and oxygen atoms in total. The maximum absolute atomic E-state index is 11.4.